The zero-order valence-electron chi connectivity index (χ0n) is 16.1. The average molecular weight is 374 g/mol. The molecule has 1 heterocycles. The third-order valence-electron chi connectivity index (χ3n) is 4.18. The number of thioether (sulfide) groups is 1. The second-order valence-corrected chi connectivity index (χ2v) is 8.18. The predicted octanol–water partition coefficient (Wildman–Crippen LogP) is 3.56. The van der Waals surface area contributed by atoms with Gasteiger partial charge in [0.25, 0.3) is 5.56 Å². The van der Waals surface area contributed by atoms with E-state index < -0.39 is 0 Å². The fourth-order valence-corrected chi connectivity index (χ4v) is 3.53. The number of carbonyl (C=O) groups excluding carboxylic acids is 1. The van der Waals surface area contributed by atoms with Crippen molar-refractivity contribution in [2.24, 2.45) is 0 Å². The van der Waals surface area contributed by atoms with Gasteiger partial charge >= 0.3 is 0 Å². The lowest BCUT2D eigenvalue weighted by atomic mass is 10.0. The molecule has 0 bridgehead atoms. The average Bonchev–Trinajstić information content (AvgIpc) is 2.57. The van der Waals surface area contributed by atoms with E-state index in [1.807, 2.05) is 69.9 Å². The number of aromatic amines is 1. The van der Waals surface area contributed by atoms with Gasteiger partial charge in [-0.05, 0) is 39.7 Å². The molecule has 1 aromatic carbocycles. The smallest absolute Gasteiger partial charge is 0.254 e. The predicted molar refractivity (Wildman–Crippen MR) is 106 cm³/mol. The number of aromatic nitrogens is 2. The summed E-state index contributed by atoms with van der Waals surface area (Å²) in [6.45, 7) is 10.4. The normalized spacial score (nSPS) is 11.4. The molecule has 1 N–H and O–H groups in total. The number of aryl methyl sites for hydroxylation is 1. The minimum absolute atomic E-state index is 0.0197. The first-order valence-electron chi connectivity index (χ1n) is 8.79. The molecular weight excluding hydrogens is 346 g/mol. The fourth-order valence-electron chi connectivity index (χ4n) is 2.74. The van der Waals surface area contributed by atoms with Crippen LogP contribution in [0.4, 0.5) is 0 Å². The number of H-pyrrole nitrogens is 1. The van der Waals surface area contributed by atoms with Gasteiger partial charge in [0.05, 0.1) is 5.75 Å². The van der Waals surface area contributed by atoms with E-state index in [-0.39, 0.29) is 22.8 Å². The van der Waals surface area contributed by atoms with Gasteiger partial charge in [-0.25, -0.2) is 4.98 Å². The van der Waals surface area contributed by atoms with E-state index in [0.717, 1.165) is 11.3 Å². The van der Waals surface area contributed by atoms with Crippen molar-refractivity contribution < 1.29 is 4.79 Å². The molecular formula is C20H27N3O2S. The topological polar surface area (TPSA) is 66.1 Å². The molecule has 0 atom stereocenters. The van der Waals surface area contributed by atoms with Crippen molar-refractivity contribution in [2.45, 2.75) is 58.3 Å². The maximum Gasteiger partial charge on any atom is 0.254 e. The molecule has 0 saturated heterocycles. The summed E-state index contributed by atoms with van der Waals surface area (Å²) >= 11 is 1.27. The maximum atomic E-state index is 12.8. The Hall–Kier alpha value is -2.08. The highest BCUT2D eigenvalue weighted by molar-refractivity contribution is 7.99. The lowest BCUT2D eigenvalue weighted by molar-refractivity contribution is -0.133. The highest BCUT2D eigenvalue weighted by Crippen LogP contribution is 2.21. The maximum absolute atomic E-state index is 12.8. The van der Waals surface area contributed by atoms with Crippen LogP contribution in [0.3, 0.4) is 0 Å². The zero-order chi connectivity index (χ0) is 19.3. The van der Waals surface area contributed by atoms with Gasteiger partial charge in [-0.15, -0.1) is 0 Å². The number of amides is 1. The van der Waals surface area contributed by atoms with Crippen molar-refractivity contribution in [1.29, 1.82) is 0 Å². The molecule has 0 aliphatic carbocycles. The Kier molecular flexibility index (Phi) is 6.64. The lowest BCUT2D eigenvalue weighted by Crippen LogP contribution is -2.46. The van der Waals surface area contributed by atoms with Gasteiger partial charge in [0.1, 0.15) is 0 Å². The molecule has 0 spiro atoms. The summed E-state index contributed by atoms with van der Waals surface area (Å²) in [5.74, 6) is 0.254. The van der Waals surface area contributed by atoms with Gasteiger partial charge < -0.3 is 9.88 Å². The first kappa shape index (κ1) is 20.2. The van der Waals surface area contributed by atoms with E-state index in [1.165, 1.54) is 11.8 Å². The third kappa shape index (κ3) is 5.21. The Balaban J connectivity index is 2.11. The van der Waals surface area contributed by atoms with Crippen LogP contribution < -0.4 is 5.56 Å². The Morgan fingerprint density at radius 1 is 1.23 bits per heavy atom. The molecule has 140 valence electrons. The van der Waals surface area contributed by atoms with E-state index in [2.05, 4.69) is 9.97 Å². The lowest BCUT2D eigenvalue weighted by Gasteiger charge is -2.36. The molecule has 26 heavy (non-hydrogen) atoms. The number of hydrogen-bond donors (Lipinski definition) is 1. The van der Waals surface area contributed by atoms with Gasteiger partial charge in [0.2, 0.25) is 5.91 Å². The summed E-state index contributed by atoms with van der Waals surface area (Å²) in [6.07, 6.45) is 0.646. The van der Waals surface area contributed by atoms with Crippen molar-refractivity contribution in [3.63, 3.8) is 0 Å². The molecule has 1 amide bonds. The number of benzene rings is 1. The van der Waals surface area contributed by atoms with E-state index in [4.69, 9.17) is 0 Å². The quantitative estimate of drug-likeness (QED) is 0.621. The summed E-state index contributed by atoms with van der Waals surface area (Å²) in [5.41, 5.74) is 2.10. The Bertz CT molecular complexity index is 810. The molecule has 5 nitrogen and oxygen atoms in total. The van der Waals surface area contributed by atoms with Crippen LogP contribution in [0, 0.1) is 6.92 Å². The standard InChI is InChI=1S/C20H27N3O2S/c1-6-16-14(2)21-19(22-18(16)25)26-13-17(24)23(20(3,4)5)12-15-10-8-7-9-11-15/h7-11H,6,12-13H2,1-5H3,(H,21,22,25). The minimum atomic E-state index is -0.295. The number of carbonyl (C=O) groups is 1. The van der Waals surface area contributed by atoms with Crippen LogP contribution in [-0.4, -0.2) is 32.1 Å². The SMILES string of the molecule is CCc1c(C)nc(SCC(=O)N(Cc2ccccc2)C(C)(C)C)[nH]c1=O. The molecule has 0 radical (unpaired) electrons. The van der Waals surface area contributed by atoms with Crippen LogP contribution in [0.2, 0.25) is 0 Å². The monoisotopic (exact) mass is 373 g/mol. The highest BCUT2D eigenvalue weighted by Gasteiger charge is 2.26. The molecule has 1 aromatic heterocycles. The van der Waals surface area contributed by atoms with Gasteiger partial charge in [-0.3, -0.25) is 9.59 Å². The number of hydrogen-bond acceptors (Lipinski definition) is 4. The second-order valence-electron chi connectivity index (χ2n) is 7.21. The molecule has 0 fully saturated rings. The van der Waals surface area contributed by atoms with Crippen LogP contribution in [0.1, 0.15) is 44.5 Å². The minimum Gasteiger partial charge on any atom is -0.333 e. The first-order valence-corrected chi connectivity index (χ1v) is 9.78. The van der Waals surface area contributed by atoms with Crippen molar-refractivity contribution in [1.82, 2.24) is 14.9 Å². The van der Waals surface area contributed by atoms with Crippen molar-refractivity contribution >= 4 is 17.7 Å². The zero-order valence-corrected chi connectivity index (χ0v) is 16.9. The summed E-state index contributed by atoms with van der Waals surface area (Å²) in [5, 5.41) is 0.492. The molecule has 0 unspecified atom stereocenters. The van der Waals surface area contributed by atoms with E-state index in [9.17, 15) is 9.59 Å². The molecule has 0 saturated carbocycles. The largest absolute Gasteiger partial charge is 0.333 e. The highest BCUT2D eigenvalue weighted by atomic mass is 32.2. The van der Waals surface area contributed by atoms with Crippen LogP contribution in [0.5, 0.6) is 0 Å². The summed E-state index contributed by atoms with van der Waals surface area (Å²) < 4.78 is 0. The molecule has 2 rings (SSSR count). The first-order chi connectivity index (χ1) is 12.2. The molecule has 0 aliphatic rings. The number of nitrogens with zero attached hydrogens (tertiary/aromatic N) is 2. The third-order valence-corrected chi connectivity index (χ3v) is 5.04. The summed E-state index contributed by atoms with van der Waals surface area (Å²) in [4.78, 5) is 34.0. The molecule has 0 aliphatic heterocycles. The fraction of sp³-hybridized carbons (Fsp3) is 0.450. The Morgan fingerprint density at radius 2 is 1.88 bits per heavy atom. The second kappa shape index (κ2) is 8.54. The summed E-state index contributed by atoms with van der Waals surface area (Å²) in [6, 6.07) is 9.95. The van der Waals surface area contributed by atoms with Crippen LogP contribution in [0.25, 0.3) is 0 Å². The van der Waals surface area contributed by atoms with E-state index in [0.29, 0.717) is 23.7 Å². The number of rotatable bonds is 6. The van der Waals surface area contributed by atoms with Crippen LogP contribution in [-0.2, 0) is 17.8 Å². The van der Waals surface area contributed by atoms with E-state index >= 15 is 0 Å². The number of nitrogens with one attached hydrogen (secondary N) is 1. The van der Waals surface area contributed by atoms with Gasteiger partial charge in [0, 0.05) is 23.3 Å². The summed E-state index contributed by atoms with van der Waals surface area (Å²) in [7, 11) is 0. The van der Waals surface area contributed by atoms with E-state index in [1.54, 1.807) is 0 Å². The van der Waals surface area contributed by atoms with Crippen molar-refractivity contribution in [3.05, 3.63) is 57.5 Å². The van der Waals surface area contributed by atoms with Crippen LogP contribution >= 0.6 is 11.8 Å². The van der Waals surface area contributed by atoms with Crippen molar-refractivity contribution in [2.75, 3.05) is 5.75 Å². The molecule has 2 aromatic rings. The van der Waals surface area contributed by atoms with Gasteiger partial charge in [0.15, 0.2) is 5.16 Å². The van der Waals surface area contributed by atoms with Gasteiger partial charge in [-0.1, -0.05) is 49.0 Å². The van der Waals surface area contributed by atoms with Crippen molar-refractivity contribution in [3.8, 4) is 0 Å². The Morgan fingerprint density at radius 3 is 2.42 bits per heavy atom. The molecule has 6 heteroatoms. The Labute approximate surface area is 159 Å². The van der Waals surface area contributed by atoms with Gasteiger partial charge in [-0.2, -0.15) is 0 Å². The van der Waals surface area contributed by atoms with Crippen LogP contribution in [0.15, 0.2) is 40.3 Å².